The average molecular weight is 436 g/mol. The van der Waals surface area contributed by atoms with E-state index in [1.54, 1.807) is 19.2 Å². The fourth-order valence-electron chi connectivity index (χ4n) is 2.84. The molecule has 150 valence electrons. The van der Waals surface area contributed by atoms with Crippen LogP contribution in [0, 0.1) is 11.3 Å². The van der Waals surface area contributed by atoms with Gasteiger partial charge in [-0.25, -0.2) is 0 Å². The molecular weight excluding hydrogens is 417 g/mol. The number of benzene rings is 3. The maximum absolute atomic E-state index is 8.98. The second-order valence-corrected chi connectivity index (χ2v) is 7.12. The highest BCUT2D eigenvalue weighted by atomic mass is 35.5. The minimum atomic E-state index is 0.404. The van der Waals surface area contributed by atoms with Crippen LogP contribution in [0.4, 0.5) is 5.69 Å². The molecule has 0 aliphatic heterocycles. The maximum Gasteiger partial charge on any atom is 0.118 e. The van der Waals surface area contributed by atoms with Gasteiger partial charge in [-0.15, -0.1) is 11.6 Å². The summed E-state index contributed by atoms with van der Waals surface area (Å²) in [7, 11) is 1.63. The van der Waals surface area contributed by atoms with Crippen LogP contribution in [0.15, 0.2) is 72.9 Å². The van der Waals surface area contributed by atoms with Crippen LogP contribution in [0.1, 0.15) is 11.1 Å². The summed E-state index contributed by atoms with van der Waals surface area (Å²) in [6.07, 6.45) is 1.51. The molecule has 0 amide bonds. The molecule has 0 aliphatic rings. The van der Waals surface area contributed by atoms with Crippen molar-refractivity contribution in [2.24, 2.45) is 0 Å². The van der Waals surface area contributed by atoms with Gasteiger partial charge in [0.25, 0.3) is 0 Å². The number of nitrogen functional groups attached to an aromatic ring is 1. The van der Waals surface area contributed by atoms with Crippen molar-refractivity contribution in [1.82, 2.24) is 4.98 Å². The number of fused-ring (bicyclic) bond motifs is 1. The number of methoxy groups -OCH3 is 1. The summed E-state index contributed by atoms with van der Waals surface area (Å²) in [4.78, 5) is 4.31. The van der Waals surface area contributed by atoms with Crippen LogP contribution in [-0.2, 0) is 5.88 Å². The van der Waals surface area contributed by atoms with Crippen molar-refractivity contribution in [2.45, 2.75) is 5.88 Å². The molecule has 0 spiro atoms. The average Bonchev–Trinajstić information content (AvgIpc) is 2.80. The smallest absolute Gasteiger partial charge is 0.118 e. The molecule has 0 saturated carbocycles. The summed E-state index contributed by atoms with van der Waals surface area (Å²) in [5, 5.41) is 10.5. The summed E-state index contributed by atoms with van der Waals surface area (Å²) in [6, 6.07) is 23.2. The predicted octanol–water partition coefficient (Wildman–Crippen LogP) is 6.44. The van der Waals surface area contributed by atoms with Crippen LogP contribution in [0.3, 0.4) is 0 Å². The summed E-state index contributed by atoms with van der Waals surface area (Å²) in [5.74, 6) is 1.34. The Morgan fingerprint density at radius 1 is 1.00 bits per heavy atom. The highest BCUT2D eigenvalue weighted by Crippen LogP contribution is 2.28. The second-order valence-electron chi connectivity index (χ2n) is 6.42. The van der Waals surface area contributed by atoms with Crippen molar-refractivity contribution in [1.29, 1.82) is 5.26 Å². The molecule has 0 atom stereocenters. The summed E-state index contributed by atoms with van der Waals surface area (Å²) in [5.41, 5.74) is 10.9. The third kappa shape index (κ3) is 5.01. The maximum atomic E-state index is 8.98. The summed E-state index contributed by atoms with van der Waals surface area (Å²) in [6.45, 7) is 0. The Labute approximate surface area is 185 Å². The van der Waals surface area contributed by atoms with Gasteiger partial charge in [0, 0.05) is 22.5 Å². The lowest BCUT2D eigenvalue weighted by atomic mass is 10.0. The van der Waals surface area contributed by atoms with Crippen molar-refractivity contribution in [2.75, 3.05) is 12.8 Å². The fraction of sp³-hybridized carbons (Fsp3) is 0.0833. The zero-order valence-electron chi connectivity index (χ0n) is 16.3. The lowest BCUT2D eigenvalue weighted by Crippen LogP contribution is -1.94. The molecule has 4 aromatic rings. The molecule has 0 aliphatic carbocycles. The third-order valence-corrected chi connectivity index (χ3v) is 5.08. The molecule has 6 heteroatoms. The van der Waals surface area contributed by atoms with Crippen LogP contribution < -0.4 is 10.5 Å². The summed E-state index contributed by atoms with van der Waals surface area (Å²) >= 11 is 11.4. The Balaban J connectivity index is 0.000000239. The molecule has 1 heterocycles. The van der Waals surface area contributed by atoms with Gasteiger partial charge in [0.05, 0.1) is 23.9 Å². The number of alkyl halides is 1. The van der Waals surface area contributed by atoms with Crippen molar-refractivity contribution >= 4 is 39.8 Å². The standard InChI is InChI=1S/C17H12ClN3.C7H7ClO/c18-8-11-1-3-12(4-2-11)13-5-6-15-16(7-13)21-10-14(9-19)17(15)20;1-9-7-4-2-6(8)3-5-7/h1-7,10H,8H2,(H2,20,21);2-5H,1H3. The first-order valence-corrected chi connectivity index (χ1v) is 10.00. The number of anilines is 1. The van der Waals surface area contributed by atoms with Gasteiger partial charge in [-0.3, -0.25) is 4.98 Å². The first-order chi connectivity index (χ1) is 14.5. The second kappa shape index (κ2) is 9.98. The molecule has 1 aromatic heterocycles. The molecule has 0 radical (unpaired) electrons. The molecule has 30 heavy (non-hydrogen) atoms. The Morgan fingerprint density at radius 3 is 2.27 bits per heavy atom. The molecule has 0 unspecified atom stereocenters. The van der Waals surface area contributed by atoms with E-state index in [0.29, 0.717) is 17.1 Å². The molecule has 0 bridgehead atoms. The van der Waals surface area contributed by atoms with Gasteiger partial charge in [0.1, 0.15) is 11.8 Å². The van der Waals surface area contributed by atoms with Crippen molar-refractivity contribution in [3.05, 3.63) is 89.1 Å². The highest BCUT2D eigenvalue weighted by molar-refractivity contribution is 6.30. The molecule has 0 saturated heterocycles. The SMILES string of the molecule is COc1ccc(Cl)cc1.N#Cc1cnc2cc(-c3ccc(CCl)cc3)ccc2c1N. The van der Waals surface area contributed by atoms with E-state index in [-0.39, 0.29) is 0 Å². The number of nitriles is 1. The third-order valence-electron chi connectivity index (χ3n) is 4.52. The lowest BCUT2D eigenvalue weighted by Gasteiger charge is -2.07. The molecular formula is C24H19Cl2N3O. The number of ether oxygens (including phenoxy) is 1. The lowest BCUT2D eigenvalue weighted by molar-refractivity contribution is 0.415. The Morgan fingerprint density at radius 2 is 1.67 bits per heavy atom. The number of halogens is 2. The topological polar surface area (TPSA) is 71.9 Å². The minimum Gasteiger partial charge on any atom is -0.497 e. The van der Waals surface area contributed by atoms with E-state index in [9.17, 15) is 0 Å². The van der Waals surface area contributed by atoms with E-state index in [1.807, 2.05) is 60.7 Å². The van der Waals surface area contributed by atoms with Gasteiger partial charge >= 0.3 is 0 Å². The number of hydrogen-bond acceptors (Lipinski definition) is 4. The number of hydrogen-bond donors (Lipinski definition) is 1. The molecule has 0 fully saturated rings. The number of rotatable bonds is 3. The van der Waals surface area contributed by atoms with E-state index in [1.165, 1.54) is 6.20 Å². The van der Waals surface area contributed by atoms with Gasteiger partial charge < -0.3 is 10.5 Å². The normalized spacial score (nSPS) is 10.1. The van der Waals surface area contributed by atoms with Gasteiger partial charge in [0.2, 0.25) is 0 Å². The zero-order chi connectivity index (χ0) is 21.5. The van der Waals surface area contributed by atoms with E-state index < -0.39 is 0 Å². The van der Waals surface area contributed by atoms with Crippen molar-refractivity contribution in [3.8, 4) is 22.9 Å². The van der Waals surface area contributed by atoms with Crippen LogP contribution in [-0.4, -0.2) is 12.1 Å². The molecule has 3 aromatic carbocycles. The monoisotopic (exact) mass is 435 g/mol. The largest absolute Gasteiger partial charge is 0.497 e. The van der Waals surface area contributed by atoms with E-state index in [2.05, 4.69) is 4.98 Å². The van der Waals surface area contributed by atoms with Crippen molar-refractivity contribution < 1.29 is 4.74 Å². The Hall–Kier alpha value is -3.26. The van der Waals surface area contributed by atoms with Crippen molar-refractivity contribution in [3.63, 3.8) is 0 Å². The summed E-state index contributed by atoms with van der Waals surface area (Å²) < 4.78 is 4.91. The van der Waals surface area contributed by atoms with Crippen LogP contribution in [0.2, 0.25) is 5.02 Å². The quantitative estimate of drug-likeness (QED) is 0.375. The minimum absolute atomic E-state index is 0.404. The van der Waals surface area contributed by atoms with E-state index in [0.717, 1.165) is 38.4 Å². The highest BCUT2D eigenvalue weighted by Gasteiger charge is 2.07. The first kappa shape index (κ1) is 21.4. The van der Waals surface area contributed by atoms with Crippen LogP contribution >= 0.6 is 23.2 Å². The molecule has 4 rings (SSSR count). The van der Waals surface area contributed by atoms with E-state index in [4.69, 9.17) is 38.9 Å². The van der Waals surface area contributed by atoms with Gasteiger partial charge in [-0.1, -0.05) is 48.0 Å². The van der Waals surface area contributed by atoms with Crippen LogP contribution in [0.5, 0.6) is 5.75 Å². The van der Waals surface area contributed by atoms with Gasteiger partial charge in [-0.05, 0) is 47.0 Å². The number of nitrogens with two attached hydrogens (primary N) is 1. The predicted molar refractivity (Wildman–Crippen MR) is 124 cm³/mol. The molecule has 2 N–H and O–H groups in total. The zero-order valence-corrected chi connectivity index (χ0v) is 17.8. The first-order valence-electron chi connectivity index (χ1n) is 9.09. The van der Waals surface area contributed by atoms with Gasteiger partial charge in [-0.2, -0.15) is 5.26 Å². The van der Waals surface area contributed by atoms with Crippen LogP contribution in [0.25, 0.3) is 22.0 Å². The van der Waals surface area contributed by atoms with E-state index >= 15 is 0 Å². The Bertz CT molecular complexity index is 1180. The van der Waals surface area contributed by atoms with Gasteiger partial charge in [0.15, 0.2) is 0 Å². The molecule has 4 nitrogen and oxygen atoms in total. The number of pyridine rings is 1. The fourth-order valence-corrected chi connectivity index (χ4v) is 3.14. The number of nitrogens with zero attached hydrogens (tertiary/aromatic N) is 2. The number of aromatic nitrogens is 1. The Kier molecular flexibility index (Phi) is 7.13.